The van der Waals surface area contributed by atoms with E-state index in [9.17, 15) is 5.11 Å². The molecule has 4 aromatic rings. The van der Waals surface area contributed by atoms with Crippen LogP contribution in [0.4, 0.5) is 0 Å². The molecule has 0 fully saturated rings. The van der Waals surface area contributed by atoms with Gasteiger partial charge in [-0.2, -0.15) is 0 Å². The Hall–Kier alpha value is -3.11. The van der Waals surface area contributed by atoms with Crippen LogP contribution in [0.2, 0.25) is 0 Å². The number of hydrogen-bond donors (Lipinski definition) is 1. The average molecular weight is 358 g/mol. The molecule has 1 N–H and O–H groups in total. The Morgan fingerprint density at radius 3 is 2.22 bits per heavy atom. The summed E-state index contributed by atoms with van der Waals surface area (Å²) in [7, 11) is 2.03. The maximum atomic E-state index is 10.4. The Bertz CT molecular complexity index is 1030. The highest BCUT2D eigenvalue weighted by atomic mass is 16.5. The first-order valence-corrected chi connectivity index (χ1v) is 9.06. The lowest BCUT2D eigenvalue weighted by Gasteiger charge is -2.17. The fourth-order valence-corrected chi connectivity index (χ4v) is 3.39. The van der Waals surface area contributed by atoms with Crippen LogP contribution in [-0.4, -0.2) is 22.2 Å². The summed E-state index contributed by atoms with van der Waals surface area (Å²) in [6.07, 6.45) is 0.706. The van der Waals surface area contributed by atoms with Crippen molar-refractivity contribution >= 4 is 11.0 Å². The van der Waals surface area contributed by atoms with Crippen LogP contribution in [0.15, 0.2) is 77.3 Å². The number of rotatable bonds is 6. The summed E-state index contributed by atoms with van der Waals surface area (Å²) in [5, 5.41) is 15.6. The number of hydrogen-bond acceptors (Lipinski definition) is 4. The summed E-state index contributed by atoms with van der Waals surface area (Å²) >= 11 is 0. The first-order chi connectivity index (χ1) is 13.2. The van der Waals surface area contributed by atoms with Crippen molar-refractivity contribution in [1.29, 1.82) is 0 Å². The van der Waals surface area contributed by atoms with Crippen molar-refractivity contribution < 1.29 is 9.63 Å². The molecule has 4 nitrogen and oxygen atoms in total. The lowest BCUT2D eigenvalue weighted by molar-refractivity contribution is 0.310. The van der Waals surface area contributed by atoms with Crippen LogP contribution in [0.3, 0.4) is 0 Å². The minimum Gasteiger partial charge on any atom is -0.507 e. The zero-order valence-electron chi connectivity index (χ0n) is 15.3. The van der Waals surface area contributed by atoms with E-state index in [4.69, 9.17) is 4.52 Å². The molecule has 0 atom stereocenters. The summed E-state index contributed by atoms with van der Waals surface area (Å²) < 4.78 is 5.65. The Morgan fingerprint density at radius 2 is 1.52 bits per heavy atom. The number of aromatic hydroxyl groups is 1. The van der Waals surface area contributed by atoms with E-state index in [-0.39, 0.29) is 5.75 Å². The van der Waals surface area contributed by atoms with Gasteiger partial charge in [-0.05, 0) is 30.3 Å². The van der Waals surface area contributed by atoms with Crippen molar-refractivity contribution in [2.75, 3.05) is 7.05 Å². The predicted octanol–water partition coefficient (Wildman–Crippen LogP) is 4.76. The lowest BCUT2D eigenvalue weighted by atomic mass is 10.0. The van der Waals surface area contributed by atoms with Crippen LogP contribution in [0.5, 0.6) is 5.75 Å². The molecule has 0 amide bonds. The van der Waals surface area contributed by atoms with Gasteiger partial charge in [0.05, 0.1) is 11.3 Å². The van der Waals surface area contributed by atoms with Crippen molar-refractivity contribution in [2.45, 2.75) is 19.5 Å². The number of benzene rings is 3. The fourth-order valence-electron chi connectivity index (χ4n) is 3.39. The average Bonchev–Trinajstić information content (AvgIpc) is 3.09. The molecule has 0 saturated carbocycles. The van der Waals surface area contributed by atoms with Crippen molar-refractivity contribution in [3.63, 3.8) is 0 Å². The topological polar surface area (TPSA) is 49.5 Å². The Kier molecular flexibility index (Phi) is 4.90. The zero-order chi connectivity index (χ0) is 18.6. The van der Waals surface area contributed by atoms with E-state index in [1.54, 1.807) is 6.07 Å². The molecule has 0 aliphatic carbocycles. The van der Waals surface area contributed by atoms with Gasteiger partial charge < -0.3 is 9.63 Å². The minimum atomic E-state index is 0.241. The molecule has 4 rings (SSSR count). The molecule has 1 heterocycles. The minimum absolute atomic E-state index is 0.241. The largest absolute Gasteiger partial charge is 0.507 e. The van der Waals surface area contributed by atoms with Crippen molar-refractivity contribution in [1.82, 2.24) is 10.1 Å². The molecule has 136 valence electrons. The Balaban J connectivity index is 1.60. The Labute approximate surface area is 158 Å². The van der Waals surface area contributed by atoms with Gasteiger partial charge in [0.2, 0.25) is 0 Å². The van der Waals surface area contributed by atoms with E-state index >= 15 is 0 Å². The van der Waals surface area contributed by atoms with Gasteiger partial charge in [0.25, 0.3) is 0 Å². The van der Waals surface area contributed by atoms with Gasteiger partial charge in [-0.15, -0.1) is 0 Å². The molecule has 0 aliphatic heterocycles. The molecule has 0 radical (unpaired) electrons. The van der Waals surface area contributed by atoms with Crippen molar-refractivity contribution in [3.8, 4) is 5.75 Å². The first kappa shape index (κ1) is 17.3. The van der Waals surface area contributed by atoms with Crippen molar-refractivity contribution in [2.24, 2.45) is 0 Å². The summed E-state index contributed by atoms with van der Waals surface area (Å²) in [5.74, 6) is 0.241. The van der Waals surface area contributed by atoms with Crippen LogP contribution in [0.1, 0.15) is 22.4 Å². The Morgan fingerprint density at radius 1 is 0.852 bits per heavy atom. The maximum Gasteiger partial charge on any atom is 0.175 e. The van der Waals surface area contributed by atoms with Gasteiger partial charge in [-0.1, -0.05) is 65.8 Å². The standard InChI is InChI=1S/C23H22N2O2/c1-25(15-18-10-6-3-7-11-18)16-20-22(26)13-12-19-21(24-27-23(19)20)14-17-8-4-2-5-9-17/h2-13,26H,14-16H2,1H3. The van der Waals surface area contributed by atoms with Gasteiger partial charge in [0.15, 0.2) is 5.58 Å². The molecule has 0 aliphatic rings. The van der Waals surface area contributed by atoms with E-state index < -0.39 is 0 Å². The molecular formula is C23H22N2O2. The number of aromatic nitrogens is 1. The monoisotopic (exact) mass is 358 g/mol. The number of fused-ring (bicyclic) bond motifs is 1. The predicted molar refractivity (Wildman–Crippen MR) is 107 cm³/mol. The van der Waals surface area contributed by atoms with Gasteiger partial charge in [-0.3, -0.25) is 4.90 Å². The summed E-state index contributed by atoms with van der Waals surface area (Å²) in [5.41, 5.74) is 4.75. The maximum absolute atomic E-state index is 10.4. The van der Waals surface area contributed by atoms with E-state index in [1.807, 2.05) is 49.5 Å². The number of phenolic OH excluding ortho intramolecular Hbond substituents is 1. The molecule has 3 aromatic carbocycles. The van der Waals surface area contributed by atoms with Gasteiger partial charge in [-0.25, -0.2) is 0 Å². The quantitative estimate of drug-likeness (QED) is 0.540. The van der Waals surface area contributed by atoms with E-state index in [0.717, 1.165) is 23.2 Å². The third-order valence-electron chi connectivity index (χ3n) is 4.73. The highest BCUT2D eigenvalue weighted by Crippen LogP contribution is 2.31. The molecule has 1 aromatic heterocycles. The number of nitrogens with zero attached hydrogens (tertiary/aromatic N) is 2. The summed E-state index contributed by atoms with van der Waals surface area (Å²) in [4.78, 5) is 2.16. The molecular weight excluding hydrogens is 336 g/mol. The van der Waals surface area contributed by atoms with Crippen LogP contribution in [0.25, 0.3) is 11.0 Å². The molecule has 0 spiro atoms. The first-order valence-electron chi connectivity index (χ1n) is 9.06. The highest BCUT2D eigenvalue weighted by molar-refractivity contribution is 5.84. The fraction of sp³-hybridized carbons (Fsp3) is 0.174. The second kappa shape index (κ2) is 7.64. The highest BCUT2D eigenvalue weighted by Gasteiger charge is 2.17. The van der Waals surface area contributed by atoms with E-state index in [1.165, 1.54) is 11.1 Å². The number of phenols is 1. The van der Waals surface area contributed by atoms with Crippen molar-refractivity contribution in [3.05, 3.63) is 95.2 Å². The van der Waals surface area contributed by atoms with Crippen LogP contribution in [0, 0.1) is 0 Å². The van der Waals surface area contributed by atoms with E-state index in [0.29, 0.717) is 18.5 Å². The zero-order valence-corrected chi connectivity index (χ0v) is 15.3. The molecule has 27 heavy (non-hydrogen) atoms. The normalized spacial score (nSPS) is 11.3. The molecule has 4 heteroatoms. The second-order valence-electron chi connectivity index (χ2n) is 6.89. The summed E-state index contributed by atoms with van der Waals surface area (Å²) in [6.45, 7) is 1.37. The third kappa shape index (κ3) is 3.86. The van der Waals surface area contributed by atoms with E-state index in [2.05, 4.69) is 34.3 Å². The summed E-state index contributed by atoms with van der Waals surface area (Å²) in [6, 6.07) is 24.1. The van der Waals surface area contributed by atoms with Crippen LogP contribution >= 0.6 is 0 Å². The van der Waals surface area contributed by atoms with Crippen LogP contribution in [-0.2, 0) is 19.5 Å². The third-order valence-corrected chi connectivity index (χ3v) is 4.73. The smallest absolute Gasteiger partial charge is 0.175 e. The van der Waals surface area contributed by atoms with Gasteiger partial charge >= 0.3 is 0 Å². The SMILES string of the molecule is CN(Cc1ccccc1)Cc1c(O)ccc2c(Cc3ccccc3)noc12. The molecule has 0 bridgehead atoms. The second-order valence-corrected chi connectivity index (χ2v) is 6.89. The van der Waals surface area contributed by atoms with Gasteiger partial charge in [0.1, 0.15) is 5.75 Å². The molecule has 0 unspecified atom stereocenters. The van der Waals surface area contributed by atoms with Crippen LogP contribution < -0.4 is 0 Å². The molecule has 0 saturated heterocycles. The van der Waals surface area contributed by atoms with Gasteiger partial charge in [0, 0.05) is 24.9 Å². The lowest BCUT2D eigenvalue weighted by Crippen LogP contribution is -2.17.